The summed E-state index contributed by atoms with van der Waals surface area (Å²) in [4.78, 5) is 13.5. The SMILES string of the molecule is C[N+]1(C)C2C=C[C@@H]1CC(OC(=O)C(O)(c1ccc(Cl)c(Cl)c1)c1ccc(Cl)c(Cl)c1)C2.[Br-]. The second kappa shape index (κ2) is 9.46. The largest absolute Gasteiger partial charge is 1.00 e. The summed E-state index contributed by atoms with van der Waals surface area (Å²) >= 11 is 24.5. The number of carbonyl (C=O) groups is 1. The van der Waals surface area contributed by atoms with Gasteiger partial charge in [-0.25, -0.2) is 4.79 Å². The Kier molecular flexibility index (Phi) is 7.63. The molecule has 32 heavy (non-hydrogen) atoms. The van der Waals surface area contributed by atoms with Crippen LogP contribution in [0.5, 0.6) is 0 Å². The Balaban J connectivity index is 0.00000289. The molecular formula is C23H22BrCl4NO3. The Labute approximate surface area is 218 Å². The third-order valence-corrected chi connectivity index (χ3v) is 8.00. The minimum absolute atomic E-state index is 0. The van der Waals surface area contributed by atoms with Crippen LogP contribution in [-0.2, 0) is 15.1 Å². The van der Waals surface area contributed by atoms with Gasteiger partial charge in [0, 0.05) is 24.0 Å². The number of aliphatic hydroxyl groups is 1. The summed E-state index contributed by atoms with van der Waals surface area (Å²) in [7, 11) is 4.35. The lowest BCUT2D eigenvalue weighted by atomic mass is 9.86. The summed E-state index contributed by atoms with van der Waals surface area (Å²) in [6.07, 6.45) is 5.42. The Morgan fingerprint density at radius 3 is 1.75 bits per heavy atom. The third-order valence-electron chi connectivity index (χ3n) is 6.52. The van der Waals surface area contributed by atoms with Crippen molar-refractivity contribution in [2.24, 2.45) is 0 Å². The van der Waals surface area contributed by atoms with Gasteiger partial charge in [-0.15, -0.1) is 0 Å². The number of quaternary nitrogens is 1. The van der Waals surface area contributed by atoms with E-state index in [-0.39, 0.29) is 56.3 Å². The number of fused-ring (bicyclic) bond motifs is 2. The van der Waals surface area contributed by atoms with E-state index in [1.54, 1.807) is 12.1 Å². The monoisotopic (exact) mass is 579 g/mol. The molecule has 1 saturated heterocycles. The standard InChI is InChI=1S/C23H22Cl4NO3.BrH/c1-28(2)15-5-6-16(28)12-17(11-15)31-22(29)23(30,13-3-7-18(24)20(26)9-13)14-4-8-19(25)21(27)10-14;/h3-10,15-17,30H,11-12H2,1-2H3;1H/q+1;/p-1/t15-,16?,17?;/m1./s1. The van der Waals surface area contributed by atoms with Crippen molar-refractivity contribution in [1.29, 1.82) is 0 Å². The molecule has 4 nitrogen and oxygen atoms in total. The first kappa shape index (κ1) is 25.8. The third kappa shape index (κ3) is 4.46. The van der Waals surface area contributed by atoms with Crippen LogP contribution in [0.15, 0.2) is 48.6 Å². The lowest BCUT2D eigenvalue weighted by Gasteiger charge is -2.44. The molecule has 3 atom stereocenters. The molecule has 0 aromatic heterocycles. The van der Waals surface area contributed by atoms with Crippen molar-refractivity contribution in [2.45, 2.75) is 36.6 Å². The highest BCUT2D eigenvalue weighted by Gasteiger charge is 2.49. The van der Waals surface area contributed by atoms with E-state index in [0.29, 0.717) is 22.9 Å². The van der Waals surface area contributed by atoms with Crippen molar-refractivity contribution in [2.75, 3.05) is 14.1 Å². The fourth-order valence-electron chi connectivity index (χ4n) is 4.46. The minimum Gasteiger partial charge on any atom is -1.00 e. The van der Waals surface area contributed by atoms with Crippen LogP contribution in [0.3, 0.4) is 0 Å². The van der Waals surface area contributed by atoms with Gasteiger partial charge in [-0.1, -0.05) is 58.5 Å². The maximum Gasteiger partial charge on any atom is 0.347 e. The molecule has 0 saturated carbocycles. The number of rotatable bonds is 4. The first-order valence-corrected chi connectivity index (χ1v) is 11.4. The van der Waals surface area contributed by atoms with Gasteiger partial charge in [0.1, 0.15) is 18.2 Å². The lowest BCUT2D eigenvalue weighted by molar-refractivity contribution is -0.926. The van der Waals surface area contributed by atoms with E-state index in [9.17, 15) is 9.90 Å². The van der Waals surface area contributed by atoms with Gasteiger partial charge < -0.3 is 31.3 Å². The van der Waals surface area contributed by atoms with Gasteiger partial charge in [-0.3, -0.25) is 0 Å². The maximum atomic E-state index is 13.5. The predicted octanol–water partition coefficient (Wildman–Crippen LogP) is 2.63. The number of likely N-dealkylation sites (N-methyl/N-ethyl adjacent to an activating group) is 1. The molecular weight excluding hydrogens is 560 g/mol. The van der Waals surface area contributed by atoms with Gasteiger partial charge >= 0.3 is 5.97 Å². The minimum atomic E-state index is -2.13. The predicted molar refractivity (Wildman–Crippen MR) is 124 cm³/mol. The maximum absolute atomic E-state index is 13.5. The average molecular weight is 582 g/mol. The van der Waals surface area contributed by atoms with E-state index >= 15 is 0 Å². The molecule has 9 heteroatoms. The lowest BCUT2D eigenvalue weighted by Crippen LogP contribution is -3.00. The molecule has 0 radical (unpaired) electrons. The zero-order chi connectivity index (χ0) is 22.6. The molecule has 172 valence electrons. The molecule has 1 fully saturated rings. The van der Waals surface area contributed by atoms with Crippen molar-refractivity contribution in [3.8, 4) is 0 Å². The van der Waals surface area contributed by atoms with Crippen molar-refractivity contribution in [1.82, 2.24) is 0 Å². The first-order chi connectivity index (χ1) is 14.5. The molecule has 2 unspecified atom stereocenters. The fourth-order valence-corrected chi connectivity index (χ4v) is 5.06. The van der Waals surface area contributed by atoms with E-state index in [0.717, 1.165) is 4.48 Å². The molecule has 2 bridgehead atoms. The van der Waals surface area contributed by atoms with Crippen LogP contribution in [0.1, 0.15) is 24.0 Å². The molecule has 2 aromatic rings. The van der Waals surface area contributed by atoms with Crippen LogP contribution >= 0.6 is 46.4 Å². The number of hydrogen-bond donors (Lipinski definition) is 1. The van der Waals surface area contributed by atoms with Crippen molar-refractivity contribution >= 4 is 52.4 Å². The van der Waals surface area contributed by atoms with Gasteiger partial charge in [0.2, 0.25) is 5.60 Å². The first-order valence-electron chi connectivity index (χ1n) is 9.89. The summed E-state index contributed by atoms with van der Waals surface area (Å²) in [5.41, 5.74) is -1.66. The summed E-state index contributed by atoms with van der Waals surface area (Å²) in [6.45, 7) is 0. The normalized spacial score (nSPS) is 23.5. The number of ether oxygens (including phenoxy) is 1. The molecule has 0 amide bonds. The second-order valence-electron chi connectivity index (χ2n) is 8.62. The number of piperidine rings is 1. The molecule has 2 aliphatic heterocycles. The van der Waals surface area contributed by atoms with Crippen LogP contribution < -0.4 is 17.0 Å². The van der Waals surface area contributed by atoms with Crippen molar-refractivity contribution in [3.63, 3.8) is 0 Å². The molecule has 0 spiro atoms. The quantitative estimate of drug-likeness (QED) is 0.343. The van der Waals surface area contributed by atoms with Crippen LogP contribution in [0.2, 0.25) is 20.1 Å². The smallest absolute Gasteiger partial charge is 0.347 e. The van der Waals surface area contributed by atoms with Crippen LogP contribution in [0, 0.1) is 0 Å². The van der Waals surface area contributed by atoms with Crippen molar-refractivity contribution in [3.05, 3.63) is 79.8 Å². The Morgan fingerprint density at radius 1 is 0.906 bits per heavy atom. The highest BCUT2D eigenvalue weighted by molar-refractivity contribution is 6.42. The van der Waals surface area contributed by atoms with Gasteiger partial charge in [0.15, 0.2) is 0 Å². The van der Waals surface area contributed by atoms with Crippen LogP contribution in [-0.4, -0.2) is 47.8 Å². The summed E-state index contributed by atoms with van der Waals surface area (Å²) in [5, 5.41) is 12.8. The fraction of sp³-hybridized carbons (Fsp3) is 0.348. The number of nitrogens with zero attached hydrogens (tertiary/aromatic N) is 1. The van der Waals surface area contributed by atoms with Gasteiger partial charge in [0.25, 0.3) is 0 Å². The topological polar surface area (TPSA) is 46.5 Å². The Hall–Kier alpha value is -0.790. The Bertz CT molecular complexity index is 1010. The van der Waals surface area contributed by atoms with E-state index < -0.39 is 11.6 Å². The van der Waals surface area contributed by atoms with Crippen LogP contribution in [0.25, 0.3) is 0 Å². The van der Waals surface area contributed by atoms with Crippen molar-refractivity contribution < 1.29 is 36.1 Å². The summed E-state index contributed by atoms with van der Waals surface area (Å²) in [6, 6.07) is 9.59. The zero-order valence-electron chi connectivity index (χ0n) is 17.4. The van der Waals surface area contributed by atoms with E-state index in [2.05, 4.69) is 26.2 Å². The van der Waals surface area contributed by atoms with Gasteiger partial charge in [-0.05, 0) is 36.4 Å². The number of esters is 1. The molecule has 2 aliphatic rings. The molecule has 2 heterocycles. The molecule has 2 aromatic carbocycles. The zero-order valence-corrected chi connectivity index (χ0v) is 22.0. The summed E-state index contributed by atoms with van der Waals surface area (Å²) < 4.78 is 6.73. The number of benzene rings is 2. The Morgan fingerprint density at radius 2 is 1.34 bits per heavy atom. The highest BCUT2D eigenvalue weighted by atomic mass is 79.9. The number of halogens is 5. The average Bonchev–Trinajstić information content (AvgIpc) is 2.88. The van der Waals surface area contributed by atoms with Gasteiger partial charge in [0.05, 0.1) is 34.2 Å². The summed E-state index contributed by atoms with van der Waals surface area (Å²) in [5.74, 6) is -0.791. The molecule has 1 N–H and O–H groups in total. The second-order valence-corrected chi connectivity index (χ2v) is 10.2. The number of carbonyl (C=O) groups excluding carboxylic acids is 1. The van der Waals surface area contributed by atoms with E-state index in [4.69, 9.17) is 51.1 Å². The number of hydrogen-bond acceptors (Lipinski definition) is 3. The molecule has 4 rings (SSSR count). The van der Waals surface area contributed by atoms with Gasteiger partial charge in [-0.2, -0.15) is 0 Å². The van der Waals surface area contributed by atoms with E-state index in [1.807, 2.05) is 0 Å². The highest BCUT2D eigenvalue weighted by Crippen LogP contribution is 2.40. The van der Waals surface area contributed by atoms with E-state index in [1.165, 1.54) is 24.3 Å². The van der Waals surface area contributed by atoms with Crippen LogP contribution in [0.4, 0.5) is 0 Å². The molecule has 0 aliphatic carbocycles.